The summed E-state index contributed by atoms with van der Waals surface area (Å²) in [5.41, 5.74) is 4.80. The summed E-state index contributed by atoms with van der Waals surface area (Å²) in [7, 11) is 3.38. The molecule has 2 heterocycles. The standard InChI is InChI=1S/2C16H12ClN5O.C3H7NO/c2*17-13-4-1-12(2-5-13)3-10-16(23)19-14-6-8-15(9-7-14)22-11-18-20-21-22;1-4(2)3-5/h2*1-11H,(H,19,23);3H,1-2H3/b2*10-3+;. The van der Waals surface area contributed by atoms with Crippen molar-refractivity contribution < 1.29 is 14.4 Å². The average molecular weight is 725 g/mol. The molecule has 4 aromatic carbocycles. The van der Waals surface area contributed by atoms with E-state index in [0.717, 1.165) is 28.9 Å². The van der Waals surface area contributed by atoms with Gasteiger partial charge in [-0.05, 0) is 117 Å². The first-order valence-corrected chi connectivity index (χ1v) is 15.7. The van der Waals surface area contributed by atoms with Gasteiger partial charge < -0.3 is 15.5 Å². The number of hydrogen-bond donors (Lipinski definition) is 2. The van der Waals surface area contributed by atoms with Crippen LogP contribution in [0.2, 0.25) is 10.0 Å². The fraction of sp³-hybridized carbons (Fsp3) is 0.0571. The molecule has 51 heavy (non-hydrogen) atoms. The number of anilines is 2. The molecule has 2 aromatic heterocycles. The Labute approximate surface area is 303 Å². The zero-order valence-corrected chi connectivity index (χ0v) is 28.8. The zero-order valence-electron chi connectivity index (χ0n) is 27.3. The SMILES string of the molecule is CN(C)C=O.O=C(/C=C/c1ccc(Cl)cc1)Nc1ccc(-n2cnnn2)cc1.O=C(/C=C/c1ccc(Cl)cc1)Nc1ccc(-n2cnnn2)cc1. The van der Waals surface area contributed by atoms with Crippen molar-refractivity contribution in [3.63, 3.8) is 0 Å². The minimum atomic E-state index is -0.213. The highest BCUT2D eigenvalue weighted by atomic mass is 35.5. The van der Waals surface area contributed by atoms with Gasteiger partial charge in [-0.15, -0.1) is 10.2 Å². The highest BCUT2D eigenvalue weighted by Gasteiger charge is 2.02. The first kappa shape index (κ1) is 37.3. The molecule has 3 amide bonds. The van der Waals surface area contributed by atoms with E-state index in [9.17, 15) is 14.4 Å². The Balaban J connectivity index is 0.000000202. The Morgan fingerprint density at radius 2 is 0.961 bits per heavy atom. The summed E-state index contributed by atoms with van der Waals surface area (Å²) < 4.78 is 3.07. The summed E-state index contributed by atoms with van der Waals surface area (Å²) in [6, 6.07) is 28.8. The molecule has 0 unspecified atom stereocenters. The number of halogens is 2. The maximum atomic E-state index is 11.9. The minimum Gasteiger partial charge on any atom is -0.351 e. The van der Waals surface area contributed by atoms with Crippen LogP contribution < -0.4 is 10.6 Å². The number of rotatable bonds is 9. The maximum Gasteiger partial charge on any atom is 0.248 e. The molecule has 0 saturated carbocycles. The Bertz CT molecular complexity index is 1870. The van der Waals surface area contributed by atoms with Crippen LogP contribution in [-0.4, -0.2) is 77.6 Å². The Hall–Kier alpha value is -6.51. The molecule has 2 N–H and O–H groups in total. The summed E-state index contributed by atoms with van der Waals surface area (Å²) in [5, 5.41) is 28.8. The van der Waals surface area contributed by atoms with Gasteiger partial charge >= 0.3 is 0 Å². The predicted octanol–water partition coefficient (Wildman–Crippen LogP) is 5.64. The van der Waals surface area contributed by atoms with Crippen molar-refractivity contribution in [3.8, 4) is 11.4 Å². The van der Waals surface area contributed by atoms with Crippen LogP contribution in [0.25, 0.3) is 23.5 Å². The highest BCUT2D eigenvalue weighted by molar-refractivity contribution is 6.30. The van der Waals surface area contributed by atoms with E-state index < -0.39 is 0 Å². The molecule has 16 heteroatoms. The number of carbonyl (C=O) groups excluding carboxylic acids is 3. The summed E-state index contributed by atoms with van der Waals surface area (Å²) in [6.45, 7) is 0. The molecular weight excluding hydrogens is 693 g/mol. The fourth-order valence-electron chi connectivity index (χ4n) is 3.81. The van der Waals surface area contributed by atoms with Gasteiger partial charge in [-0.3, -0.25) is 14.4 Å². The molecule has 0 aliphatic heterocycles. The number of carbonyl (C=O) groups is 3. The molecule has 258 valence electrons. The van der Waals surface area contributed by atoms with Crippen LogP contribution in [0.15, 0.2) is 122 Å². The van der Waals surface area contributed by atoms with Gasteiger partial charge in [-0.2, -0.15) is 0 Å². The van der Waals surface area contributed by atoms with Gasteiger partial charge in [0.2, 0.25) is 18.2 Å². The van der Waals surface area contributed by atoms with Crippen LogP contribution in [-0.2, 0) is 14.4 Å². The zero-order chi connectivity index (χ0) is 36.4. The molecule has 0 saturated heterocycles. The van der Waals surface area contributed by atoms with E-state index in [4.69, 9.17) is 23.2 Å². The third-order valence-corrected chi connectivity index (χ3v) is 6.81. The third-order valence-electron chi connectivity index (χ3n) is 6.30. The van der Waals surface area contributed by atoms with Gasteiger partial charge in [-0.25, -0.2) is 9.36 Å². The number of benzene rings is 4. The number of nitrogens with one attached hydrogen (secondary N) is 2. The highest BCUT2D eigenvalue weighted by Crippen LogP contribution is 2.15. The van der Waals surface area contributed by atoms with E-state index in [2.05, 4.69) is 41.7 Å². The lowest BCUT2D eigenvalue weighted by Gasteiger charge is -2.04. The van der Waals surface area contributed by atoms with E-state index >= 15 is 0 Å². The molecular formula is C35H31Cl2N11O3. The Kier molecular flexibility index (Phi) is 14.3. The molecule has 6 aromatic rings. The van der Waals surface area contributed by atoms with Crippen LogP contribution in [0.3, 0.4) is 0 Å². The molecule has 0 spiro atoms. The second kappa shape index (κ2) is 19.5. The van der Waals surface area contributed by atoms with Crippen molar-refractivity contribution in [2.24, 2.45) is 0 Å². The Morgan fingerprint density at radius 1 is 0.608 bits per heavy atom. The summed E-state index contributed by atoms with van der Waals surface area (Å²) in [6.07, 6.45) is 10.1. The smallest absolute Gasteiger partial charge is 0.248 e. The van der Waals surface area contributed by atoms with Crippen molar-refractivity contribution >= 4 is 65.0 Å². The monoisotopic (exact) mass is 723 g/mol. The van der Waals surface area contributed by atoms with Crippen molar-refractivity contribution in [2.75, 3.05) is 24.7 Å². The van der Waals surface area contributed by atoms with Gasteiger partial charge in [-0.1, -0.05) is 47.5 Å². The molecule has 0 atom stereocenters. The molecule has 0 bridgehead atoms. The topological polar surface area (TPSA) is 166 Å². The van der Waals surface area contributed by atoms with E-state index in [1.807, 2.05) is 48.5 Å². The molecule has 0 fully saturated rings. The fourth-order valence-corrected chi connectivity index (χ4v) is 4.07. The van der Waals surface area contributed by atoms with Crippen molar-refractivity contribution in [3.05, 3.63) is 143 Å². The number of aromatic nitrogens is 8. The minimum absolute atomic E-state index is 0.213. The second-order valence-electron chi connectivity index (χ2n) is 10.4. The predicted molar refractivity (Wildman–Crippen MR) is 196 cm³/mol. The van der Waals surface area contributed by atoms with Gasteiger partial charge in [0.05, 0.1) is 11.4 Å². The quantitative estimate of drug-likeness (QED) is 0.142. The molecule has 6 rings (SSSR count). The van der Waals surface area contributed by atoms with Crippen LogP contribution in [0.1, 0.15) is 11.1 Å². The number of amides is 3. The third kappa shape index (κ3) is 13.1. The molecule has 0 aliphatic carbocycles. The summed E-state index contributed by atoms with van der Waals surface area (Å²) >= 11 is 11.6. The van der Waals surface area contributed by atoms with Gasteiger partial charge in [0.25, 0.3) is 0 Å². The number of hydrogen-bond acceptors (Lipinski definition) is 9. The van der Waals surface area contributed by atoms with Crippen LogP contribution in [0.4, 0.5) is 11.4 Å². The summed E-state index contributed by atoms with van der Waals surface area (Å²) in [4.78, 5) is 34.7. The van der Waals surface area contributed by atoms with Gasteiger partial charge in [0.1, 0.15) is 12.7 Å². The van der Waals surface area contributed by atoms with Crippen molar-refractivity contribution in [1.82, 2.24) is 45.3 Å². The van der Waals surface area contributed by atoms with Crippen molar-refractivity contribution in [2.45, 2.75) is 0 Å². The van der Waals surface area contributed by atoms with E-state index in [1.54, 1.807) is 74.8 Å². The van der Waals surface area contributed by atoms with E-state index in [0.29, 0.717) is 21.4 Å². The lowest BCUT2D eigenvalue weighted by molar-refractivity contribution is -0.116. The first-order valence-electron chi connectivity index (χ1n) is 15.0. The van der Waals surface area contributed by atoms with Crippen molar-refractivity contribution in [1.29, 1.82) is 0 Å². The average Bonchev–Trinajstić information content (AvgIpc) is 3.89. The lowest BCUT2D eigenvalue weighted by atomic mass is 10.2. The molecule has 0 aliphatic rings. The van der Waals surface area contributed by atoms with E-state index in [1.165, 1.54) is 39.1 Å². The normalized spacial score (nSPS) is 10.4. The summed E-state index contributed by atoms with van der Waals surface area (Å²) in [5.74, 6) is -0.426. The van der Waals surface area contributed by atoms with Crippen LogP contribution >= 0.6 is 23.2 Å². The second-order valence-corrected chi connectivity index (χ2v) is 11.3. The van der Waals surface area contributed by atoms with Crippen LogP contribution in [0.5, 0.6) is 0 Å². The number of tetrazole rings is 2. The first-order chi connectivity index (χ1) is 24.7. The lowest BCUT2D eigenvalue weighted by Crippen LogP contribution is -2.07. The van der Waals surface area contributed by atoms with Crippen LogP contribution in [0, 0.1) is 0 Å². The maximum absolute atomic E-state index is 11.9. The van der Waals surface area contributed by atoms with E-state index in [-0.39, 0.29) is 11.8 Å². The Morgan fingerprint density at radius 3 is 1.25 bits per heavy atom. The van der Waals surface area contributed by atoms with Gasteiger partial charge in [0.15, 0.2) is 0 Å². The largest absolute Gasteiger partial charge is 0.351 e. The molecule has 14 nitrogen and oxygen atoms in total. The molecule has 0 radical (unpaired) electrons. The van der Waals surface area contributed by atoms with Gasteiger partial charge in [0, 0.05) is 47.7 Å². The number of nitrogens with zero attached hydrogens (tertiary/aromatic N) is 9.